The molecule has 2 amide bonds. The lowest BCUT2D eigenvalue weighted by molar-refractivity contribution is -0.131. The number of carbonyl (C=O) groups is 2. The first kappa shape index (κ1) is 26.2. The minimum Gasteiger partial charge on any atom is -0.381 e. The van der Waals surface area contributed by atoms with E-state index in [1.807, 2.05) is 54.6 Å². The van der Waals surface area contributed by atoms with Crippen LogP contribution in [0.2, 0.25) is 0 Å². The number of hydrogen-bond acceptors (Lipinski definition) is 5. The van der Waals surface area contributed by atoms with E-state index in [0.717, 1.165) is 26.9 Å². The molecule has 3 aromatic rings. The predicted octanol–water partition coefficient (Wildman–Crippen LogP) is 5.33. The first-order valence-corrected chi connectivity index (χ1v) is 13.3. The summed E-state index contributed by atoms with van der Waals surface area (Å²) in [7, 11) is 0. The van der Waals surface area contributed by atoms with Gasteiger partial charge in [-0.2, -0.15) is 0 Å². The zero-order valence-corrected chi connectivity index (χ0v) is 22.0. The molecule has 0 saturated carbocycles. The molecule has 1 atom stereocenters. The molecule has 1 heterocycles. The van der Waals surface area contributed by atoms with Crippen LogP contribution in [-0.2, 0) is 20.7 Å². The number of hydrogen-bond donors (Lipinski definition) is 3. The Bertz CT molecular complexity index is 1190. The molecule has 7 heteroatoms. The summed E-state index contributed by atoms with van der Waals surface area (Å²) in [5.74, 6) is -0.436. The van der Waals surface area contributed by atoms with E-state index in [4.69, 9.17) is 4.74 Å². The van der Waals surface area contributed by atoms with Crippen molar-refractivity contribution in [3.05, 3.63) is 72.3 Å². The van der Waals surface area contributed by atoms with E-state index in [2.05, 4.69) is 48.3 Å². The van der Waals surface area contributed by atoms with Gasteiger partial charge < -0.3 is 15.4 Å². The molecule has 190 valence electrons. The molecule has 1 aliphatic heterocycles. The van der Waals surface area contributed by atoms with Crippen molar-refractivity contribution in [1.82, 2.24) is 10.0 Å². The van der Waals surface area contributed by atoms with Crippen LogP contribution in [0.25, 0.3) is 10.8 Å². The van der Waals surface area contributed by atoms with Crippen LogP contribution in [0.15, 0.2) is 71.6 Å². The van der Waals surface area contributed by atoms with Gasteiger partial charge in [-0.3, -0.25) is 14.3 Å². The van der Waals surface area contributed by atoms with E-state index in [9.17, 15) is 9.59 Å². The molecule has 1 fully saturated rings. The molecule has 3 N–H and O–H groups in total. The maximum Gasteiger partial charge on any atom is 0.247 e. The molecular weight excluding hydrogens is 470 g/mol. The van der Waals surface area contributed by atoms with Gasteiger partial charge in [-0.15, -0.1) is 0 Å². The van der Waals surface area contributed by atoms with Crippen LogP contribution in [0.3, 0.4) is 0 Å². The Morgan fingerprint density at radius 1 is 0.944 bits per heavy atom. The average Bonchev–Trinajstić information content (AvgIpc) is 2.88. The first-order chi connectivity index (χ1) is 17.3. The fourth-order valence-electron chi connectivity index (χ4n) is 4.22. The van der Waals surface area contributed by atoms with Gasteiger partial charge in [0.1, 0.15) is 6.04 Å². The van der Waals surface area contributed by atoms with E-state index in [1.54, 1.807) is 11.9 Å². The zero-order valence-electron chi connectivity index (χ0n) is 21.2. The van der Waals surface area contributed by atoms with E-state index in [-0.39, 0.29) is 23.3 Å². The lowest BCUT2D eigenvalue weighted by Crippen LogP contribution is -2.48. The highest BCUT2D eigenvalue weighted by Gasteiger charge is 2.27. The first-order valence-electron chi connectivity index (χ1n) is 12.5. The summed E-state index contributed by atoms with van der Waals surface area (Å²) in [6.45, 7) is 7.52. The highest BCUT2D eigenvalue weighted by Crippen LogP contribution is 2.32. The molecule has 36 heavy (non-hydrogen) atoms. The van der Waals surface area contributed by atoms with Gasteiger partial charge in [-0.25, -0.2) is 0 Å². The van der Waals surface area contributed by atoms with Gasteiger partial charge in [0.25, 0.3) is 0 Å². The molecule has 1 saturated heterocycles. The normalized spacial score (nSPS) is 15.4. The van der Waals surface area contributed by atoms with Crippen molar-refractivity contribution in [2.24, 2.45) is 5.92 Å². The topological polar surface area (TPSA) is 79.5 Å². The summed E-state index contributed by atoms with van der Waals surface area (Å²) >= 11 is 1.59. The quantitative estimate of drug-likeness (QED) is 0.361. The minimum absolute atomic E-state index is 0.0357. The zero-order chi connectivity index (χ0) is 25.5. The molecule has 0 aromatic heterocycles. The molecular formula is C29H35N3O3S. The molecule has 0 spiro atoms. The smallest absolute Gasteiger partial charge is 0.247 e. The molecule has 0 unspecified atom stereocenters. The van der Waals surface area contributed by atoms with Crippen LogP contribution in [0.4, 0.5) is 5.69 Å². The van der Waals surface area contributed by atoms with Gasteiger partial charge in [0.05, 0.1) is 0 Å². The summed E-state index contributed by atoms with van der Waals surface area (Å²) in [4.78, 5) is 27.7. The molecule has 3 aromatic carbocycles. The summed E-state index contributed by atoms with van der Waals surface area (Å²) in [5.41, 5.74) is 1.69. The third-order valence-corrected chi connectivity index (χ3v) is 7.41. The van der Waals surface area contributed by atoms with Crippen molar-refractivity contribution in [2.75, 3.05) is 18.5 Å². The van der Waals surface area contributed by atoms with Crippen LogP contribution in [0.5, 0.6) is 0 Å². The molecule has 1 aliphatic rings. The predicted molar refractivity (Wildman–Crippen MR) is 147 cm³/mol. The Balaban J connectivity index is 1.56. The van der Waals surface area contributed by atoms with Crippen molar-refractivity contribution in [3.63, 3.8) is 0 Å². The standard InChI is InChI=1S/C29H35N3O3S/c1-29(2,3)32-36-26-14-8-11-22-23(26)12-7-13-24(22)30-28(34)25(19-20-9-5-4-6-10-20)31-27(33)21-15-17-35-18-16-21/h4-14,21,25,32H,15-19H2,1-3H3,(H,30,34)(H,31,33)/t25-/m0/s1. The highest BCUT2D eigenvalue weighted by molar-refractivity contribution is 7.97. The number of carbonyl (C=O) groups excluding carboxylic acids is 2. The van der Waals surface area contributed by atoms with E-state index >= 15 is 0 Å². The monoisotopic (exact) mass is 505 g/mol. The average molecular weight is 506 g/mol. The van der Waals surface area contributed by atoms with Crippen molar-refractivity contribution >= 4 is 40.2 Å². The summed E-state index contributed by atoms with van der Waals surface area (Å²) in [6, 6.07) is 21.1. The second-order valence-electron chi connectivity index (χ2n) is 10.2. The number of nitrogens with one attached hydrogen (secondary N) is 3. The number of benzene rings is 3. The van der Waals surface area contributed by atoms with Gasteiger partial charge in [0.15, 0.2) is 0 Å². The Morgan fingerprint density at radius 3 is 2.36 bits per heavy atom. The van der Waals surface area contributed by atoms with Gasteiger partial charge in [0.2, 0.25) is 11.8 Å². The van der Waals surface area contributed by atoms with E-state index in [0.29, 0.717) is 32.5 Å². The molecule has 6 nitrogen and oxygen atoms in total. The molecule has 0 radical (unpaired) electrons. The number of amides is 2. The van der Waals surface area contributed by atoms with Crippen LogP contribution in [0.1, 0.15) is 39.2 Å². The highest BCUT2D eigenvalue weighted by atomic mass is 32.2. The van der Waals surface area contributed by atoms with Gasteiger partial charge in [-0.05, 0) is 68.6 Å². The third-order valence-electron chi connectivity index (χ3n) is 6.11. The van der Waals surface area contributed by atoms with Crippen LogP contribution < -0.4 is 15.4 Å². The second kappa shape index (κ2) is 11.9. The van der Waals surface area contributed by atoms with Gasteiger partial charge in [0, 0.05) is 47.1 Å². The molecule has 0 bridgehead atoms. The Hall–Kier alpha value is -2.87. The molecule has 4 rings (SSSR count). The maximum absolute atomic E-state index is 13.6. The summed E-state index contributed by atoms with van der Waals surface area (Å²) in [6.07, 6.45) is 1.78. The summed E-state index contributed by atoms with van der Waals surface area (Å²) < 4.78 is 8.86. The Labute approximate surface area is 217 Å². The SMILES string of the molecule is CC(C)(C)NSc1cccc2c(NC(=O)[C@H](Cc3ccccc3)NC(=O)C3CCOCC3)cccc12. The van der Waals surface area contributed by atoms with Crippen LogP contribution in [0, 0.1) is 5.92 Å². The number of rotatable bonds is 8. The van der Waals surface area contributed by atoms with E-state index in [1.165, 1.54) is 0 Å². The molecule has 0 aliphatic carbocycles. The fourth-order valence-corrected chi connectivity index (χ4v) is 5.07. The Morgan fingerprint density at radius 2 is 1.64 bits per heavy atom. The van der Waals surface area contributed by atoms with Crippen LogP contribution in [-0.4, -0.2) is 36.6 Å². The van der Waals surface area contributed by atoms with Gasteiger partial charge >= 0.3 is 0 Å². The minimum atomic E-state index is -0.682. The summed E-state index contributed by atoms with van der Waals surface area (Å²) in [5, 5.41) is 8.15. The lowest BCUT2D eigenvalue weighted by Gasteiger charge is -2.25. The second-order valence-corrected chi connectivity index (χ2v) is 11.1. The lowest BCUT2D eigenvalue weighted by atomic mass is 9.97. The maximum atomic E-state index is 13.6. The van der Waals surface area contributed by atoms with Gasteiger partial charge in [-0.1, -0.05) is 54.6 Å². The number of ether oxygens (including phenoxy) is 1. The number of fused-ring (bicyclic) bond motifs is 1. The Kier molecular flexibility index (Phi) is 8.67. The third kappa shape index (κ3) is 7.09. The van der Waals surface area contributed by atoms with Crippen molar-refractivity contribution < 1.29 is 14.3 Å². The number of anilines is 1. The largest absolute Gasteiger partial charge is 0.381 e. The fraction of sp³-hybridized carbons (Fsp3) is 0.379. The van der Waals surface area contributed by atoms with Crippen molar-refractivity contribution in [1.29, 1.82) is 0 Å². The van der Waals surface area contributed by atoms with E-state index < -0.39 is 6.04 Å². The van der Waals surface area contributed by atoms with Crippen molar-refractivity contribution in [2.45, 2.75) is 56.5 Å². The van der Waals surface area contributed by atoms with Crippen LogP contribution >= 0.6 is 11.9 Å². The van der Waals surface area contributed by atoms with Crippen molar-refractivity contribution in [3.8, 4) is 0 Å².